The number of nitrogens with two attached hydrogens (primary N) is 1. The minimum Gasteiger partial charge on any atom is -0.481 e. The van der Waals surface area contributed by atoms with Crippen molar-refractivity contribution in [3.8, 4) is 0 Å². The lowest BCUT2D eigenvalue weighted by Gasteiger charge is -2.01. The molecule has 0 fully saturated rings. The van der Waals surface area contributed by atoms with Crippen molar-refractivity contribution in [3.05, 3.63) is 23.4 Å². The van der Waals surface area contributed by atoms with Crippen LogP contribution in [-0.2, 0) is 11.2 Å². The van der Waals surface area contributed by atoms with E-state index in [4.69, 9.17) is 10.8 Å². The van der Waals surface area contributed by atoms with Crippen LogP contribution in [0.5, 0.6) is 0 Å². The quantitative estimate of drug-likeness (QED) is 0.683. The first kappa shape index (κ1) is 10.2. The molecular weight excluding hydrogens is 184 g/mol. The van der Waals surface area contributed by atoms with Gasteiger partial charge in [-0.2, -0.15) is 0 Å². The summed E-state index contributed by atoms with van der Waals surface area (Å²) in [6, 6.07) is 2.88. The van der Waals surface area contributed by atoms with E-state index < -0.39 is 5.97 Å². The van der Waals surface area contributed by atoms with E-state index in [1.807, 2.05) is 0 Å². The Morgan fingerprint density at radius 1 is 1.50 bits per heavy atom. The van der Waals surface area contributed by atoms with Crippen LogP contribution in [0.1, 0.15) is 23.0 Å². The van der Waals surface area contributed by atoms with E-state index in [0.29, 0.717) is 5.56 Å². The number of carboxylic acid groups (broad SMARTS) is 1. The molecule has 0 aliphatic carbocycles. The Bertz CT molecular complexity index is 388. The molecule has 0 aliphatic heterocycles. The summed E-state index contributed by atoms with van der Waals surface area (Å²) in [4.78, 5) is 25.2. The fraction of sp³-hybridized carbons (Fsp3) is 0.222. The minimum atomic E-state index is -0.967. The van der Waals surface area contributed by atoms with Gasteiger partial charge in [-0.1, -0.05) is 0 Å². The molecule has 0 amide bonds. The topological polar surface area (TPSA) is 93.3 Å². The average molecular weight is 194 g/mol. The normalized spacial score (nSPS) is 9.79. The summed E-state index contributed by atoms with van der Waals surface area (Å²) >= 11 is 0. The molecule has 1 heterocycles. The van der Waals surface area contributed by atoms with Gasteiger partial charge < -0.3 is 10.8 Å². The Balaban J connectivity index is 3.07. The van der Waals surface area contributed by atoms with Gasteiger partial charge in [-0.25, -0.2) is 4.98 Å². The van der Waals surface area contributed by atoms with E-state index in [0.717, 1.165) is 0 Å². The number of carbonyl (C=O) groups excluding carboxylic acids is 1. The maximum Gasteiger partial charge on any atom is 0.307 e. The van der Waals surface area contributed by atoms with Crippen LogP contribution in [-0.4, -0.2) is 21.8 Å². The Kier molecular flexibility index (Phi) is 2.81. The fourth-order valence-electron chi connectivity index (χ4n) is 1.07. The first-order chi connectivity index (χ1) is 6.49. The van der Waals surface area contributed by atoms with Crippen LogP contribution in [0, 0.1) is 0 Å². The molecule has 74 valence electrons. The minimum absolute atomic E-state index is 0.160. The van der Waals surface area contributed by atoms with Gasteiger partial charge in [-0.05, 0) is 17.7 Å². The van der Waals surface area contributed by atoms with E-state index in [9.17, 15) is 9.59 Å². The lowest BCUT2D eigenvalue weighted by atomic mass is 10.1. The van der Waals surface area contributed by atoms with Gasteiger partial charge in [0.2, 0.25) is 0 Å². The number of nitrogens with zero attached hydrogens (tertiary/aromatic N) is 1. The van der Waals surface area contributed by atoms with Crippen molar-refractivity contribution >= 4 is 17.6 Å². The number of ketones is 1. The summed E-state index contributed by atoms with van der Waals surface area (Å²) in [5.74, 6) is -1.04. The van der Waals surface area contributed by atoms with Gasteiger partial charge in [0.1, 0.15) is 11.5 Å². The number of hydrogen-bond donors (Lipinski definition) is 2. The number of pyridine rings is 1. The van der Waals surface area contributed by atoms with E-state index in [1.165, 1.54) is 19.1 Å². The second-order valence-corrected chi connectivity index (χ2v) is 2.91. The molecular formula is C9H10N2O3. The molecule has 0 saturated heterocycles. The predicted molar refractivity (Wildman–Crippen MR) is 50.0 cm³/mol. The standard InChI is InChI=1S/C9H10N2O3/c1-5(12)7-2-6(4-9(13)14)3-8(10)11-7/h2-3H,4H2,1H3,(H2,10,11)(H,13,14). The lowest BCUT2D eigenvalue weighted by Crippen LogP contribution is -2.06. The van der Waals surface area contributed by atoms with Gasteiger partial charge in [-0.3, -0.25) is 9.59 Å². The van der Waals surface area contributed by atoms with Crippen molar-refractivity contribution in [3.63, 3.8) is 0 Å². The van der Waals surface area contributed by atoms with Crippen LogP contribution < -0.4 is 5.73 Å². The Morgan fingerprint density at radius 3 is 2.64 bits per heavy atom. The SMILES string of the molecule is CC(=O)c1cc(CC(=O)O)cc(N)n1. The van der Waals surface area contributed by atoms with Gasteiger partial charge >= 0.3 is 5.97 Å². The molecule has 0 radical (unpaired) electrons. The van der Waals surface area contributed by atoms with Gasteiger partial charge in [0.05, 0.1) is 6.42 Å². The molecule has 0 spiro atoms. The zero-order valence-electron chi connectivity index (χ0n) is 7.65. The third kappa shape index (κ3) is 2.55. The monoisotopic (exact) mass is 194 g/mol. The van der Waals surface area contributed by atoms with E-state index in [1.54, 1.807) is 0 Å². The first-order valence-electron chi connectivity index (χ1n) is 3.98. The molecule has 0 saturated carbocycles. The van der Waals surface area contributed by atoms with Crippen LogP contribution in [0.2, 0.25) is 0 Å². The molecule has 0 atom stereocenters. The van der Waals surface area contributed by atoms with E-state index in [-0.39, 0.29) is 23.7 Å². The molecule has 14 heavy (non-hydrogen) atoms. The Labute approximate surface area is 80.6 Å². The third-order valence-electron chi connectivity index (χ3n) is 1.62. The second kappa shape index (κ2) is 3.87. The molecule has 0 aromatic carbocycles. The highest BCUT2D eigenvalue weighted by atomic mass is 16.4. The second-order valence-electron chi connectivity index (χ2n) is 2.91. The van der Waals surface area contributed by atoms with E-state index >= 15 is 0 Å². The van der Waals surface area contributed by atoms with Crippen LogP contribution in [0.25, 0.3) is 0 Å². The van der Waals surface area contributed by atoms with Crippen LogP contribution in [0.4, 0.5) is 5.82 Å². The van der Waals surface area contributed by atoms with Crippen LogP contribution >= 0.6 is 0 Å². The summed E-state index contributed by atoms with van der Waals surface area (Å²) in [6.45, 7) is 1.35. The van der Waals surface area contributed by atoms with Gasteiger partial charge in [0.25, 0.3) is 0 Å². The first-order valence-corrected chi connectivity index (χ1v) is 3.98. The van der Waals surface area contributed by atoms with Gasteiger partial charge in [0.15, 0.2) is 5.78 Å². The maximum atomic E-state index is 11.0. The molecule has 5 nitrogen and oxygen atoms in total. The maximum absolute atomic E-state index is 11.0. The Hall–Kier alpha value is -1.91. The highest BCUT2D eigenvalue weighted by molar-refractivity contribution is 5.92. The highest BCUT2D eigenvalue weighted by Gasteiger charge is 2.07. The Morgan fingerprint density at radius 2 is 2.14 bits per heavy atom. The van der Waals surface area contributed by atoms with Crippen molar-refractivity contribution in [2.24, 2.45) is 0 Å². The highest BCUT2D eigenvalue weighted by Crippen LogP contribution is 2.09. The zero-order chi connectivity index (χ0) is 10.7. The van der Waals surface area contributed by atoms with Crippen molar-refractivity contribution in [2.75, 3.05) is 5.73 Å². The third-order valence-corrected chi connectivity index (χ3v) is 1.62. The van der Waals surface area contributed by atoms with Crippen LogP contribution in [0.3, 0.4) is 0 Å². The van der Waals surface area contributed by atoms with Crippen molar-refractivity contribution in [2.45, 2.75) is 13.3 Å². The van der Waals surface area contributed by atoms with E-state index in [2.05, 4.69) is 4.98 Å². The smallest absolute Gasteiger partial charge is 0.307 e. The molecule has 3 N–H and O–H groups in total. The largest absolute Gasteiger partial charge is 0.481 e. The molecule has 1 aromatic rings. The summed E-state index contributed by atoms with van der Waals surface area (Å²) in [5, 5.41) is 8.54. The summed E-state index contributed by atoms with van der Waals surface area (Å²) in [6.07, 6.45) is -0.160. The van der Waals surface area contributed by atoms with Gasteiger partial charge in [0, 0.05) is 6.92 Å². The summed E-state index contributed by atoms with van der Waals surface area (Å²) in [7, 11) is 0. The number of aromatic nitrogens is 1. The number of carboxylic acids is 1. The molecule has 1 rings (SSSR count). The molecule has 1 aromatic heterocycles. The number of aliphatic carboxylic acids is 1. The molecule has 0 bridgehead atoms. The molecule has 0 aliphatic rings. The number of Topliss-reactive ketones (excluding diaryl/α,β-unsaturated/α-hetero) is 1. The van der Waals surface area contributed by atoms with Crippen LogP contribution in [0.15, 0.2) is 12.1 Å². The van der Waals surface area contributed by atoms with Crippen molar-refractivity contribution < 1.29 is 14.7 Å². The van der Waals surface area contributed by atoms with Crippen molar-refractivity contribution in [1.29, 1.82) is 0 Å². The number of hydrogen-bond acceptors (Lipinski definition) is 4. The summed E-state index contributed by atoms with van der Waals surface area (Å²) < 4.78 is 0. The molecule has 5 heteroatoms. The van der Waals surface area contributed by atoms with Gasteiger partial charge in [-0.15, -0.1) is 0 Å². The number of nitrogen functional groups attached to an aromatic ring is 1. The number of carbonyl (C=O) groups is 2. The number of anilines is 1. The predicted octanol–water partition coefficient (Wildman–Crippen LogP) is 0.494. The average Bonchev–Trinajstić information content (AvgIpc) is 2.01. The number of rotatable bonds is 3. The zero-order valence-corrected chi connectivity index (χ0v) is 7.65. The summed E-state index contributed by atoms with van der Waals surface area (Å²) in [5.41, 5.74) is 6.09. The van der Waals surface area contributed by atoms with Crippen molar-refractivity contribution in [1.82, 2.24) is 4.98 Å². The molecule has 0 unspecified atom stereocenters. The lowest BCUT2D eigenvalue weighted by molar-refractivity contribution is -0.136. The fourth-order valence-corrected chi connectivity index (χ4v) is 1.07.